The summed E-state index contributed by atoms with van der Waals surface area (Å²) in [6.07, 6.45) is 0.417. The van der Waals surface area contributed by atoms with Gasteiger partial charge in [-0.1, -0.05) is 48.5 Å². The first kappa shape index (κ1) is 20.6. The summed E-state index contributed by atoms with van der Waals surface area (Å²) in [4.78, 5) is 15.1. The van der Waals surface area contributed by atoms with Gasteiger partial charge in [-0.2, -0.15) is 0 Å². The number of carbonyl (C=O) groups is 1. The SMILES string of the molecule is O=C(COc1ccc(-c2ccccc2)cc1)N1CCC(c2cccs2)S(=O)(=O)CC1. The van der Waals surface area contributed by atoms with Crippen molar-refractivity contribution in [3.63, 3.8) is 0 Å². The molecule has 1 amide bonds. The van der Waals surface area contributed by atoms with Crippen LogP contribution in [-0.2, 0) is 14.6 Å². The second-order valence-electron chi connectivity index (χ2n) is 7.22. The molecule has 156 valence electrons. The lowest BCUT2D eigenvalue weighted by Crippen LogP contribution is -2.37. The quantitative estimate of drug-likeness (QED) is 0.596. The Morgan fingerprint density at radius 2 is 1.70 bits per heavy atom. The van der Waals surface area contributed by atoms with Crippen LogP contribution in [0.5, 0.6) is 5.75 Å². The van der Waals surface area contributed by atoms with Crippen LogP contribution in [-0.4, -0.2) is 44.7 Å². The van der Waals surface area contributed by atoms with Crippen molar-refractivity contribution >= 4 is 27.1 Å². The van der Waals surface area contributed by atoms with Gasteiger partial charge in [0.25, 0.3) is 5.91 Å². The summed E-state index contributed by atoms with van der Waals surface area (Å²) in [7, 11) is -3.27. The third kappa shape index (κ3) is 4.74. The molecule has 5 nitrogen and oxygen atoms in total. The summed E-state index contributed by atoms with van der Waals surface area (Å²) in [5, 5.41) is 1.36. The molecule has 2 aromatic carbocycles. The number of rotatable bonds is 5. The molecule has 1 fully saturated rings. The predicted octanol–water partition coefficient (Wildman–Crippen LogP) is 4.18. The van der Waals surface area contributed by atoms with Crippen molar-refractivity contribution in [2.75, 3.05) is 25.4 Å². The van der Waals surface area contributed by atoms with E-state index in [1.165, 1.54) is 11.3 Å². The van der Waals surface area contributed by atoms with Crippen LogP contribution in [0.2, 0.25) is 0 Å². The lowest BCUT2D eigenvalue weighted by atomic mass is 10.1. The smallest absolute Gasteiger partial charge is 0.260 e. The molecule has 0 saturated carbocycles. The molecule has 3 aromatic rings. The van der Waals surface area contributed by atoms with Crippen molar-refractivity contribution in [1.82, 2.24) is 4.90 Å². The van der Waals surface area contributed by atoms with Crippen LogP contribution < -0.4 is 4.74 Å². The van der Waals surface area contributed by atoms with Gasteiger partial charge in [-0.15, -0.1) is 11.3 Å². The molecule has 0 N–H and O–H groups in total. The van der Waals surface area contributed by atoms with Gasteiger partial charge in [0.2, 0.25) is 0 Å². The van der Waals surface area contributed by atoms with E-state index in [2.05, 4.69) is 0 Å². The minimum atomic E-state index is -3.27. The van der Waals surface area contributed by atoms with Crippen molar-refractivity contribution in [1.29, 1.82) is 0 Å². The van der Waals surface area contributed by atoms with Gasteiger partial charge in [0.1, 0.15) is 5.75 Å². The second-order valence-corrected chi connectivity index (χ2v) is 10.5. The van der Waals surface area contributed by atoms with E-state index in [4.69, 9.17) is 4.74 Å². The first-order valence-electron chi connectivity index (χ1n) is 9.84. The summed E-state index contributed by atoms with van der Waals surface area (Å²) in [5.74, 6) is 0.402. The first-order chi connectivity index (χ1) is 14.5. The van der Waals surface area contributed by atoms with Crippen LogP contribution in [0.4, 0.5) is 0 Å². The second kappa shape index (κ2) is 9.02. The van der Waals surface area contributed by atoms with E-state index in [-0.39, 0.29) is 24.8 Å². The van der Waals surface area contributed by atoms with Crippen LogP contribution in [0, 0.1) is 0 Å². The lowest BCUT2D eigenvalue weighted by Gasteiger charge is -2.20. The van der Waals surface area contributed by atoms with Crippen LogP contribution in [0.25, 0.3) is 11.1 Å². The summed E-state index contributed by atoms with van der Waals surface area (Å²) >= 11 is 1.45. The highest BCUT2D eigenvalue weighted by Gasteiger charge is 2.33. The molecule has 1 saturated heterocycles. The van der Waals surface area contributed by atoms with Crippen molar-refractivity contribution < 1.29 is 17.9 Å². The van der Waals surface area contributed by atoms with Crippen LogP contribution in [0.3, 0.4) is 0 Å². The zero-order chi connectivity index (χ0) is 21.0. The molecule has 0 aliphatic carbocycles. The van der Waals surface area contributed by atoms with E-state index in [1.807, 2.05) is 72.1 Å². The fourth-order valence-electron chi connectivity index (χ4n) is 3.60. The van der Waals surface area contributed by atoms with Crippen LogP contribution >= 0.6 is 11.3 Å². The molecule has 1 aliphatic rings. The van der Waals surface area contributed by atoms with E-state index in [0.717, 1.165) is 16.0 Å². The van der Waals surface area contributed by atoms with Crippen molar-refractivity contribution in [3.05, 3.63) is 77.0 Å². The first-order valence-corrected chi connectivity index (χ1v) is 12.4. The van der Waals surface area contributed by atoms with Gasteiger partial charge >= 0.3 is 0 Å². The van der Waals surface area contributed by atoms with E-state index in [1.54, 1.807) is 4.90 Å². The Balaban J connectivity index is 1.35. The normalized spacial score (nSPS) is 18.5. The van der Waals surface area contributed by atoms with Gasteiger partial charge in [0.05, 0.1) is 11.0 Å². The molecule has 0 bridgehead atoms. The molecule has 7 heteroatoms. The number of amides is 1. The third-order valence-electron chi connectivity index (χ3n) is 5.28. The van der Waals surface area contributed by atoms with Crippen molar-refractivity contribution in [2.45, 2.75) is 11.7 Å². The number of hydrogen-bond donors (Lipinski definition) is 0. The standard InChI is InChI=1S/C23H23NO4S2/c25-23(17-28-20-10-8-19(9-11-20)18-5-2-1-3-6-18)24-13-12-22(21-7-4-15-29-21)30(26,27)16-14-24/h1-11,15,22H,12-14,16-17H2. The highest BCUT2D eigenvalue weighted by atomic mass is 32.2. The van der Waals surface area contributed by atoms with Crippen LogP contribution in [0.1, 0.15) is 16.5 Å². The number of sulfone groups is 1. The molecule has 4 rings (SSSR count). The minimum Gasteiger partial charge on any atom is -0.484 e. The average molecular weight is 442 g/mol. The Hall–Kier alpha value is -2.64. The Bertz CT molecular complexity index is 1080. The van der Waals surface area contributed by atoms with Gasteiger partial charge in [0, 0.05) is 18.0 Å². The van der Waals surface area contributed by atoms with Gasteiger partial charge in [-0.25, -0.2) is 8.42 Å². The van der Waals surface area contributed by atoms with E-state index < -0.39 is 15.1 Å². The number of ether oxygens (including phenoxy) is 1. The Kier molecular flexibility index (Phi) is 6.20. The highest BCUT2D eigenvalue weighted by Crippen LogP contribution is 2.32. The van der Waals surface area contributed by atoms with Crippen molar-refractivity contribution in [3.8, 4) is 16.9 Å². The number of nitrogens with zero attached hydrogens (tertiary/aromatic N) is 1. The molecular formula is C23H23NO4S2. The Morgan fingerprint density at radius 1 is 0.967 bits per heavy atom. The zero-order valence-electron chi connectivity index (χ0n) is 16.4. The van der Waals surface area contributed by atoms with Gasteiger partial charge in [-0.3, -0.25) is 4.79 Å². The summed E-state index contributed by atoms with van der Waals surface area (Å²) in [6, 6.07) is 21.3. The average Bonchev–Trinajstić information content (AvgIpc) is 3.24. The molecule has 0 radical (unpaired) electrons. The summed E-state index contributed by atoms with van der Waals surface area (Å²) < 4.78 is 30.9. The van der Waals surface area contributed by atoms with E-state index in [0.29, 0.717) is 18.7 Å². The summed E-state index contributed by atoms with van der Waals surface area (Å²) in [5.41, 5.74) is 2.19. The molecule has 1 unspecified atom stereocenters. The Labute approximate surface area is 180 Å². The molecule has 2 heterocycles. The molecule has 0 spiro atoms. The minimum absolute atomic E-state index is 0.0208. The fraction of sp³-hybridized carbons (Fsp3) is 0.261. The zero-order valence-corrected chi connectivity index (χ0v) is 18.1. The number of benzene rings is 2. The van der Waals surface area contributed by atoms with Crippen molar-refractivity contribution in [2.24, 2.45) is 0 Å². The number of hydrogen-bond acceptors (Lipinski definition) is 5. The molecular weight excluding hydrogens is 418 g/mol. The fourth-order valence-corrected chi connectivity index (χ4v) is 6.60. The van der Waals surface area contributed by atoms with Gasteiger partial charge < -0.3 is 9.64 Å². The molecule has 1 atom stereocenters. The summed E-state index contributed by atoms with van der Waals surface area (Å²) in [6.45, 7) is 0.519. The van der Waals surface area contributed by atoms with Gasteiger partial charge in [-0.05, 0) is 41.1 Å². The van der Waals surface area contributed by atoms with Gasteiger partial charge in [0.15, 0.2) is 16.4 Å². The van der Waals surface area contributed by atoms with Crippen LogP contribution in [0.15, 0.2) is 72.1 Å². The molecule has 1 aromatic heterocycles. The maximum atomic E-state index is 12.6. The highest BCUT2D eigenvalue weighted by molar-refractivity contribution is 7.91. The van der Waals surface area contributed by atoms with E-state index >= 15 is 0 Å². The van der Waals surface area contributed by atoms with E-state index in [9.17, 15) is 13.2 Å². The third-order valence-corrected chi connectivity index (χ3v) is 8.52. The topological polar surface area (TPSA) is 63.7 Å². The number of thiophene rings is 1. The number of carbonyl (C=O) groups excluding carboxylic acids is 1. The lowest BCUT2D eigenvalue weighted by molar-refractivity contribution is -0.133. The monoisotopic (exact) mass is 441 g/mol. The largest absolute Gasteiger partial charge is 0.484 e. The Morgan fingerprint density at radius 3 is 2.40 bits per heavy atom. The molecule has 30 heavy (non-hydrogen) atoms. The molecule has 1 aliphatic heterocycles. The maximum absolute atomic E-state index is 12.6. The maximum Gasteiger partial charge on any atom is 0.260 e. The predicted molar refractivity (Wildman–Crippen MR) is 119 cm³/mol.